The van der Waals surface area contributed by atoms with E-state index in [1.165, 1.54) is 6.07 Å². The van der Waals surface area contributed by atoms with Crippen molar-refractivity contribution in [2.45, 2.75) is 11.1 Å². The van der Waals surface area contributed by atoms with Crippen LogP contribution >= 0.6 is 11.3 Å². The highest BCUT2D eigenvalue weighted by atomic mass is 32.2. The molecule has 4 rings (SSSR count). The van der Waals surface area contributed by atoms with E-state index >= 15 is 0 Å². The fraction of sp³-hybridized carbons (Fsp3) is 0.0526. The molecule has 4 aromatic rings. The summed E-state index contributed by atoms with van der Waals surface area (Å²) < 4.78 is 23.1. The van der Waals surface area contributed by atoms with Gasteiger partial charge < -0.3 is 0 Å². The minimum absolute atomic E-state index is 0.148. The van der Waals surface area contributed by atoms with Crippen LogP contribution in [0.3, 0.4) is 0 Å². The Morgan fingerprint density at radius 3 is 2.62 bits per heavy atom. The van der Waals surface area contributed by atoms with Gasteiger partial charge in [0.1, 0.15) is 4.21 Å². The Bertz CT molecular complexity index is 1230. The number of benzene rings is 1. The Labute approximate surface area is 155 Å². The lowest BCUT2D eigenvalue weighted by atomic mass is 10.0. The van der Waals surface area contributed by atoms with Gasteiger partial charge in [-0.3, -0.25) is 9.97 Å². The standard InChI is InChI=1S/C19H15N3O2S2/c1-12-10-13(17-7-8-18(25-17)26(20,23)24)11-22-19(12)15-4-2-6-16-14(15)5-3-9-21-16/h2-11H,1H3,(H2,20,23,24). The number of thiophene rings is 1. The van der Waals surface area contributed by atoms with Gasteiger partial charge >= 0.3 is 0 Å². The molecule has 0 fully saturated rings. The van der Waals surface area contributed by atoms with Gasteiger partial charge in [0.15, 0.2) is 0 Å². The minimum Gasteiger partial charge on any atom is -0.256 e. The lowest BCUT2D eigenvalue weighted by Gasteiger charge is -2.09. The molecule has 3 heterocycles. The number of aryl methyl sites for hydroxylation is 1. The third-order valence-corrected chi connectivity index (χ3v) is 6.70. The van der Waals surface area contributed by atoms with Crippen molar-refractivity contribution in [1.29, 1.82) is 0 Å². The number of rotatable bonds is 3. The van der Waals surface area contributed by atoms with Gasteiger partial charge in [0.05, 0.1) is 11.2 Å². The molecule has 0 bridgehead atoms. The van der Waals surface area contributed by atoms with E-state index in [4.69, 9.17) is 5.14 Å². The number of hydrogen-bond acceptors (Lipinski definition) is 5. The number of aromatic nitrogens is 2. The zero-order valence-corrected chi connectivity index (χ0v) is 15.5. The van der Waals surface area contributed by atoms with E-state index in [1.54, 1.807) is 18.5 Å². The van der Waals surface area contributed by atoms with E-state index in [2.05, 4.69) is 9.97 Å². The zero-order valence-electron chi connectivity index (χ0n) is 13.9. The highest BCUT2D eigenvalue weighted by Gasteiger charge is 2.14. The first-order chi connectivity index (χ1) is 12.4. The third kappa shape index (κ3) is 3.01. The van der Waals surface area contributed by atoms with Gasteiger partial charge in [-0.1, -0.05) is 18.2 Å². The van der Waals surface area contributed by atoms with Gasteiger partial charge in [-0.25, -0.2) is 13.6 Å². The third-order valence-electron chi connectivity index (χ3n) is 4.13. The summed E-state index contributed by atoms with van der Waals surface area (Å²) in [6.07, 6.45) is 3.53. The van der Waals surface area contributed by atoms with Crippen LogP contribution in [0.15, 0.2) is 65.1 Å². The number of primary sulfonamides is 1. The summed E-state index contributed by atoms with van der Waals surface area (Å²) in [5.41, 5.74) is 4.70. The summed E-state index contributed by atoms with van der Waals surface area (Å²) >= 11 is 1.14. The number of hydrogen-bond donors (Lipinski definition) is 1. The summed E-state index contributed by atoms with van der Waals surface area (Å²) in [7, 11) is -3.68. The van der Waals surface area contributed by atoms with E-state index in [9.17, 15) is 8.42 Å². The molecule has 0 spiro atoms. The molecule has 0 unspecified atom stereocenters. The number of sulfonamides is 1. The molecule has 3 aromatic heterocycles. The molecule has 0 aliphatic rings. The van der Waals surface area contributed by atoms with Gasteiger partial charge in [0.25, 0.3) is 0 Å². The number of nitrogens with two attached hydrogens (primary N) is 1. The van der Waals surface area contributed by atoms with Crippen LogP contribution in [-0.4, -0.2) is 18.4 Å². The number of pyridine rings is 2. The van der Waals surface area contributed by atoms with Gasteiger partial charge in [0.2, 0.25) is 10.0 Å². The van der Waals surface area contributed by atoms with Gasteiger partial charge in [-0.05, 0) is 42.8 Å². The Hall–Kier alpha value is -2.61. The Morgan fingerprint density at radius 2 is 1.88 bits per heavy atom. The first-order valence-corrected chi connectivity index (χ1v) is 10.2. The summed E-state index contributed by atoms with van der Waals surface area (Å²) in [5.74, 6) is 0. The first kappa shape index (κ1) is 16.8. The van der Waals surface area contributed by atoms with E-state index in [1.807, 2.05) is 43.3 Å². The van der Waals surface area contributed by atoms with Gasteiger partial charge in [-0.15, -0.1) is 11.3 Å². The fourth-order valence-electron chi connectivity index (χ4n) is 2.93. The summed E-state index contributed by atoms with van der Waals surface area (Å²) in [5, 5.41) is 6.24. The first-order valence-electron chi connectivity index (χ1n) is 7.87. The predicted octanol–water partition coefficient (Wildman–Crippen LogP) is 3.98. The predicted molar refractivity (Wildman–Crippen MR) is 104 cm³/mol. The SMILES string of the molecule is Cc1cc(-c2ccc(S(N)(=O)=O)s2)cnc1-c1cccc2ncccc12. The lowest BCUT2D eigenvalue weighted by molar-refractivity contribution is 0.600. The van der Waals surface area contributed by atoms with Crippen LogP contribution in [-0.2, 0) is 10.0 Å². The maximum atomic E-state index is 11.5. The van der Waals surface area contributed by atoms with Crippen LogP contribution in [0.2, 0.25) is 0 Å². The average molecular weight is 381 g/mol. The quantitative estimate of drug-likeness (QED) is 0.581. The molecular weight excluding hydrogens is 366 g/mol. The summed E-state index contributed by atoms with van der Waals surface area (Å²) in [6, 6.07) is 15.2. The smallest absolute Gasteiger partial charge is 0.247 e. The average Bonchev–Trinajstić information content (AvgIpc) is 3.12. The van der Waals surface area contributed by atoms with Crippen LogP contribution < -0.4 is 5.14 Å². The van der Waals surface area contributed by atoms with Crippen molar-refractivity contribution in [2.24, 2.45) is 5.14 Å². The van der Waals surface area contributed by atoms with E-state index in [-0.39, 0.29) is 4.21 Å². The highest BCUT2D eigenvalue weighted by Crippen LogP contribution is 2.34. The van der Waals surface area contributed by atoms with Crippen LogP contribution in [0, 0.1) is 6.92 Å². The minimum atomic E-state index is -3.68. The van der Waals surface area contributed by atoms with Crippen molar-refractivity contribution in [3.8, 4) is 21.7 Å². The van der Waals surface area contributed by atoms with Crippen LogP contribution in [0.1, 0.15) is 5.56 Å². The summed E-state index contributed by atoms with van der Waals surface area (Å²) in [6.45, 7) is 2.00. The molecule has 7 heteroatoms. The van der Waals surface area contributed by atoms with Crippen LogP contribution in [0.5, 0.6) is 0 Å². The molecule has 0 aliphatic heterocycles. The molecule has 5 nitrogen and oxygen atoms in total. The normalized spacial score (nSPS) is 11.8. The van der Waals surface area contributed by atoms with Crippen molar-refractivity contribution in [3.63, 3.8) is 0 Å². The van der Waals surface area contributed by atoms with E-state index in [0.717, 1.165) is 49.5 Å². The van der Waals surface area contributed by atoms with Gasteiger partial charge in [0, 0.05) is 33.8 Å². The summed E-state index contributed by atoms with van der Waals surface area (Å²) in [4.78, 5) is 9.85. The molecule has 1 aromatic carbocycles. The highest BCUT2D eigenvalue weighted by molar-refractivity contribution is 7.91. The molecule has 0 saturated heterocycles. The van der Waals surface area contributed by atoms with Crippen LogP contribution in [0.25, 0.3) is 32.6 Å². The Balaban J connectivity index is 1.80. The maximum absolute atomic E-state index is 11.5. The molecule has 0 atom stereocenters. The van der Waals surface area contributed by atoms with Gasteiger partial charge in [-0.2, -0.15) is 0 Å². The molecule has 2 N–H and O–H groups in total. The molecule has 0 saturated carbocycles. The molecule has 26 heavy (non-hydrogen) atoms. The fourth-order valence-corrected chi connectivity index (χ4v) is 4.64. The second kappa shape index (κ2) is 6.28. The van der Waals surface area contributed by atoms with Crippen molar-refractivity contribution >= 4 is 32.3 Å². The molecule has 130 valence electrons. The largest absolute Gasteiger partial charge is 0.256 e. The zero-order chi connectivity index (χ0) is 18.3. The van der Waals surface area contributed by atoms with Crippen LogP contribution in [0.4, 0.5) is 0 Å². The molecule has 0 aliphatic carbocycles. The van der Waals surface area contributed by atoms with Crippen molar-refractivity contribution < 1.29 is 8.42 Å². The maximum Gasteiger partial charge on any atom is 0.247 e. The van der Waals surface area contributed by atoms with E-state index < -0.39 is 10.0 Å². The molecule has 0 radical (unpaired) electrons. The number of nitrogens with zero attached hydrogens (tertiary/aromatic N) is 2. The monoisotopic (exact) mass is 381 g/mol. The topological polar surface area (TPSA) is 85.9 Å². The second-order valence-corrected chi connectivity index (χ2v) is 8.80. The van der Waals surface area contributed by atoms with Crippen molar-refractivity contribution in [2.75, 3.05) is 0 Å². The van der Waals surface area contributed by atoms with Crippen molar-refractivity contribution in [1.82, 2.24) is 9.97 Å². The second-order valence-electron chi connectivity index (χ2n) is 5.93. The number of fused-ring (bicyclic) bond motifs is 1. The lowest BCUT2D eigenvalue weighted by Crippen LogP contribution is -2.09. The molecular formula is C19H15N3O2S2. The Kier molecular flexibility index (Phi) is 4.07. The van der Waals surface area contributed by atoms with Crippen molar-refractivity contribution in [3.05, 3.63) is 66.5 Å². The molecule has 0 amide bonds. The Morgan fingerprint density at radius 1 is 1.04 bits per heavy atom. The van der Waals surface area contributed by atoms with E-state index in [0.29, 0.717) is 0 Å².